The number of carbonyl (C=O) groups excluding carboxylic acids is 3. The summed E-state index contributed by atoms with van der Waals surface area (Å²) in [6.07, 6.45) is 4.99. The number of pyridine rings is 1. The molecule has 0 aliphatic carbocycles. The molecule has 21 heteroatoms. The first-order chi connectivity index (χ1) is 22.6. The van der Waals surface area contributed by atoms with Gasteiger partial charge < -0.3 is 24.7 Å². The lowest BCUT2D eigenvalue weighted by atomic mass is 10.1. The van der Waals surface area contributed by atoms with Gasteiger partial charge in [-0.3, -0.25) is 5.32 Å². The van der Waals surface area contributed by atoms with E-state index in [-0.39, 0.29) is 55.3 Å². The summed E-state index contributed by atoms with van der Waals surface area (Å²) in [5, 5.41) is 3.02. The molecular formula is C27H34Cl2FN7O9S2. The molecule has 4 N–H and O–H groups in total. The number of esters is 2. The van der Waals surface area contributed by atoms with Gasteiger partial charge in [-0.25, -0.2) is 27.5 Å². The van der Waals surface area contributed by atoms with Gasteiger partial charge in [0.25, 0.3) is 10.0 Å². The van der Waals surface area contributed by atoms with Crippen molar-refractivity contribution in [1.82, 2.24) is 24.7 Å². The first-order valence-corrected chi connectivity index (χ1v) is 17.1. The number of aromatic nitrogens is 4. The average molecular weight is 755 g/mol. The van der Waals surface area contributed by atoms with Crippen molar-refractivity contribution in [3.8, 4) is 11.9 Å². The summed E-state index contributed by atoms with van der Waals surface area (Å²) in [6.45, 7) is 5.05. The van der Waals surface area contributed by atoms with Gasteiger partial charge in [0.05, 0.1) is 26.0 Å². The Morgan fingerprint density at radius 1 is 1.08 bits per heavy atom. The predicted octanol–water partition coefficient (Wildman–Crippen LogP) is 4.94. The Labute approximate surface area is 289 Å². The second-order valence-electron chi connectivity index (χ2n) is 9.55. The molecule has 0 aliphatic rings. The number of unbranched alkanes of at least 4 members (excludes halogenated alkanes) is 3. The van der Waals surface area contributed by atoms with Crippen LogP contribution in [0.3, 0.4) is 0 Å². The lowest BCUT2D eigenvalue weighted by Gasteiger charge is -2.14. The van der Waals surface area contributed by atoms with Gasteiger partial charge in [-0.2, -0.15) is 24.3 Å². The van der Waals surface area contributed by atoms with Gasteiger partial charge in [-0.05, 0) is 38.1 Å². The molecule has 264 valence electrons. The van der Waals surface area contributed by atoms with Gasteiger partial charge in [0, 0.05) is 0 Å². The minimum Gasteiger partial charge on any atom is -0.467 e. The number of nitrogens with one attached hydrogen (secondary N) is 2. The third kappa shape index (κ3) is 12.2. The maximum absolute atomic E-state index is 13.4. The summed E-state index contributed by atoms with van der Waals surface area (Å²) in [5.74, 6) is -2.65. The van der Waals surface area contributed by atoms with E-state index in [2.05, 4.69) is 36.9 Å². The highest BCUT2D eigenvalue weighted by molar-refractivity contribution is 7.90. The lowest BCUT2D eigenvalue weighted by molar-refractivity contribution is -0.151. The molecule has 3 aromatic rings. The van der Waals surface area contributed by atoms with Crippen LogP contribution in [-0.4, -0.2) is 73.3 Å². The Morgan fingerprint density at radius 2 is 1.79 bits per heavy atom. The molecule has 0 aliphatic heterocycles. The van der Waals surface area contributed by atoms with Crippen molar-refractivity contribution in [2.45, 2.75) is 63.9 Å². The quantitative estimate of drug-likeness (QED) is 0.113. The molecule has 0 saturated carbocycles. The molecule has 0 aromatic carbocycles. The number of sulfonamides is 1. The normalized spacial score (nSPS) is 11.4. The molecule has 48 heavy (non-hydrogen) atoms. The Kier molecular flexibility index (Phi) is 15.9. The summed E-state index contributed by atoms with van der Waals surface area (Å²) in [7, 11) is -1.86. The lowest BCUT2D eigenvalue weighted by Crippen LogP contribution is -2.35. The standard InChI is InChI=1S/C15H21Cl2FN2O3.C12H13N5O6S2/c1-3-4-5-6-7-9(2)23-10(21)8-22-15-12(17)13(19)11(16)14(18)20-15;1-6-13-10(16-12(14-6)23-3)15-11(19)17-25(20,21)7-4-5-24-8(7)9(18)22-2/h9H,3-8H2,1-2H3,(H2,19,20);4-5H,1-3H3,(H2,13,14,15,16,17,19). The number of nitrogens with zero attached hydrogens (tertiary/aromatic N) is 4. The SMILES string of the molecule is CCCCCCC(C)OC(=O)COc1nc(F)c(Cl)c(N)c1Cl.COC(=O)c1sccc1S(=O)(=O)NC(=O)Nc1nc(C)nc(OC)n1. The first kappa shape index (κ1) is 40.1. The van der Waals surface area contributed by atoms with Crippen LogP contribution in [0.5, 0.6) is 11.9 Å². The zero-order valence-electron chi connectivity index (χ0n) is 26.5. The summed E-state index contributed by atoms with van der Waals surface area (Å²) >= 11 is 12.3. The van der Waals surface area contributed by atoms with Crippen molar-refractivity contribution in [2.75, 3.05) is 31.9 Å². The van der Waals surface area contributed by atoms with Gasteiger partial charge in [0.15, 0.2) is 6.61 Å². The number of hydrogen-bond donors (Lipinski definition) is 3. The molecule has 3 rings (SSSR count). The Morgan fingerprint density at radius 3 is 2.44 bits per heavy atom. The summed E-state index contributed by atoms with van der Waals surface area (Å²) in [5.41, 5.74) is 5.32. The van der Waals surface area contributed by atoms with Crippen LogP contribution in [-0.2, 0) is 24.3 Å². The number of halogens is 3. The highest BCUT2D eigenvalue weighted by Gasteiger charge is 2.27. The van der Waals surface area contributed by atoms with Crippen molar-refractivity contribution in [3.63, 3.8) is 0 Å². The molecule has 0 radical (unpaired) electrons. The molecule has 0 bridgehead atoms. The van der Waals surface area contributed by atoms with E-state index in [0.29, 0.717) is 0 Å². The van der Waals surface area contributed by atoms with Crippen LogP contribution in [0.2, 0.25) is 10.0 Å². The Bertz CT molecular complexity index is 1700. The van der Waals surface area contributed by atoms with Crippen molar-refractivity contribution in [1.29, 1.82) is 0 Å². The molecule has 0 spiro atoms. The molecule has 2 amide bonds. The third-order valence-corrected chi connectivity index (χ3v) is 8.94. The highest BCUT2D eigenvalue weighted by Crippen LogP contribution is 2.35. The Hall–Kier alpha value is -4.07. The van der Waals surface area contributed by atoms with Crippen molar-refractivity contribution in [2.24, 2.45) is 0 Å². The topological polar surface area (TPSA) is 224 Å². The fraction of sp³-hybridized carbons (Fsp3) is 0.444. The smallest absolute Gasteiger partial charge is 0.349 e. The van der Waals surface area contributed by atoms with Crippen LogP contribution in [0, 0.1) is 12.9 Å². The summed E-state index contributed by atoms with van der Waals surface area (Å²) in [6, 6.07) is 0.0222. The fourth-order valence-corrected chi connectivity index (χ4v) is 6.19. The van der Waals surface area contributed by atoms with Crippen LogP contribution in [0.15, 0.2) is 16.3 Å². The van der Waals surface area contributed by atoms with Crippen LogP contribution >= 0.6 is 34.5 Å². The van der Waals surface area contributed by atoms with E-state index in [1.807, 2.05) is 6.92 Å². The molecule has 1 atom stereocenters. The van der Waals surface area contributed by atoms with E-state index in [1.165, 1.54) is 25.5 Å². The molecular weight excluding hydrogens is 720 g/mol. The zero-order chi connectivity index (χ0) is 36.0. The molecule has 3 heterocycles. The van der Waals surface area contributed by atoms with Gasteiger partial charge in [-0.15, -0.1) is 11.3 Å². The number of aryl methyl sites for hydroxylation is 1. The number of ether oxygens (including phenoxy) is 4. The number of methoxy groups -OCH3 is 2. The van der Waals surface area contributed by atoms with E-state index >= 15 is 0 Å². The number of anilines is 2. The van der Waals surface area contributed by atoms with E-state index in [9.17, 15) is 27.2 Å². The number of hydrogen-bond acceptors (Lipinski definition) is 15. The van der Waals surface area contributed by atoms with E-state index in [4.69, 9.17) is 43.1 Å². The van der Waals surface area contributed by atoms with Crippen molar-refractivity contribution in [3.05, 3.63) is 38.1 Å². The monoisotopic (exact) mass is 753 g/mol. The summed E-state index contributed by atoms with van der Waals surface area (Å²) in [4.78, 5) is 49.5. The second kappa shape index (κ2) is 19.1. The summed E-state index contributed by atoms with van der Waals surface area (Å²) < 4.78 is 59.3. The van der Waals surface area contributed by atoms with Crippen molar-refractivity contribution < 1.29 is 46.1 Å². The number of amides is 2. The van der Waals surface area contributed by atoms with Crippen LogP contribution < -0.4 is 25.2 Å². The van der Waals surface area contributed by atoms with Crippen molar-refractivity contribution >= 4 is 74.2 Å². The number of rotatable bonds is 14. The van der Waals surface area contributed by atoms with E-state index in [0.717, 1.165) is 50.6 Å². The van der Waals surface area contributed by atoms with E-state index < -0.39 is 40.5 Å². The number of nitrogen functional groups attached to an aromatic ring is 1. The number of thiophene rings is 1. The minimum absolute atomic E-state index is 0.0449. The molecule has 16 nitrogen and oxygen atoms in total. The average Bonchev–Trinajstić information content (AvgIpc) is 3.54. The molecule has 0 saturated heterocycles. The minimum atomic E-state index is -4.30. The van der Waals surface area contributed by atoms with Crippen LogP contribution in [0.25, 0.3) is 0 Å². The molecule has 0 fully saturated rings. The first-order valence-electron chi connectivity index (χ1n) is 14.0. The maximum atomic E-state index is 13.4. The zero-order valence-corrected chi connectivity index (χ0v) is 29.6. The predicted molar refractivity (Wildman–Crippen MR) is 175 cm³/mol. The van der Waals surface area contributed by atoms with Gasteiger partial charge >= 0.3 is 24.0 Å². The Balaban J connectivity index is 0.000000335. The third-order valence-electron chi connectivity index (χ3n) is 5.82. The van der Waals surface area contributed by atoms with Gasteiger partial charge in [0.2, 0.25) is 17.8 Å². The second-order valence-corrected chi connectivity index (χ2v) is 12.9. The maximum Gasteiger partial charge on any atom is 0.349 e. The van der Waals surface area contributed by atoms with Gasteiger partial charge in [0.1, 0.15) is 25.6 Å². The van der Waals surface area contributed by atoms with Gasteiger partial charge in [-0.1, -0.05) is 49.4 Å². The van der Waals surface area contributed by atoms with E-state index in [1.54, 1.807) is 4.72 Å². The highest BCUT2D eigenvalue weighted by atomic mass is 35.5. The fourth-order valence-electron chi connectivity index (χ4n) is 3.57. The van der Waals surface area contributed by atoms with Crippen LogP contribution in [0.4, 0.5) is 20.8 Å². The molecule has 3 aromatic heterocycles. The number of urea groups is 1. The van der Waals surface area contributed by atoms with Crippen LogP contribution in [0.1, 0.15) is 61.4 Å². The number of nitrogens with two attached hydrogens (primary N) is 1. The number of carbonyl (C=O) groups is 3. The molecule has 1 unspecified atom stereocenters. The largest absolute Gasteiger partial charge is 0.467 e.